The van der Waals surface area contributed by atoms with Gasteiger partial charge in [-0.2, -0.15) is 0 Å². The van der Waals surface area contributed by atoms with Crippen molar-refractivity contribution in [3.05, 3.63) is 26.7 Å². The molecule has 1 saturated carbocycles. The van der Waals surface area contributed by atoms with Gasteiger partial charge in [0, 0.05) is 10.5 Å². The molecule has 0 bridgehead atoms. The summed E-state index contributed by atoms with van der Waals surface area (Å²) in [5.41, 5.74) is 0. The summed E-state index contributed by atoms with van der Waals surface area (Å²) in [7, 11) is -3.90. The topological polar surface area (TPSA) is 83.5 Å². The Hall–Kier alpha value is -0.340. The second-order valence-electron chi connectivity index (χ2n) is 4.86. The van der Waals surface area contributed by atoms with Crippen molar-refractivity contribution < 1.29 is 18.3 Å². The van der Waals surface area contributed by atoms with E-state index in [4.69, 9.17) is 28.3 Å². The van der Waals surface area contributed by atoms with E-state index in [0.717, 1.165) is 0 Å². The monoisotopic (exact) mass is 415 g/mol. The number of carboxylic acids is 1. The average Bonchev–Trinajstić information content (AvgIpc) is 2.74. The zero-order valence-corrected chi connectivity index (χ0v) is 14.6. The summed E-state index contributed by atoms with van der Waals surface area (Å²) < 4.78 is 27.8. The fourth-order valence-electron chi connectivity index (χ4n) is 2.38. The summed E-state index contributed by atoms with van der Waals surface area (Å²) in [5.74, 6) is -1.43. The van der Waals surface area contributed by atoms with Gasteiger partial charge in [-0.15, -0.1) is 0 Å². The number of carboxylic acid groups (broad SMARTS) is 1. The van der Waals surface area contributed by atoms with Crippen molar-refractivity contribution in [1.29, 1.82) is 0 Å². The first kappa shape index (κ1) is 17.0. The number of hydrogen-bond acceptors (Lipinski definition) is 3. The molecule has 1 aromatic rings. The van der Waals surface area contributed by atoms with Gasteiger partial charge in [0.1, 0.15) is 4.90 Å². The van der Waals surface area contributed by atoms with Crippen molar-refractivity contribution in [2.24, 2.45) is 5.92 Å². The maximum Gasteiger partial charge on any atom is 0.306 e. The molecule has 0 unspecified atom stereocenters. The van der Waals surface area contributed by atoms with Gasteiger partial charge in [0.15, 0.2) is 0 Å². The lowest BCUT2D eigenvalue weighted by Crippen LogP contribution is -2.33. The molecule has 9 heteroatoms. The lowest BCUT2D eigenvalue weighted by atomic mass is 10.1. The molecule has 2 rings (SSSR count). The highest BCUT2D eigenvalue weighted by molar-refractivity contribution is 9.10. The summed E-state index contributed by atoms with van der Waals surface area (Å²) in [4.78, 5) is 10.7. The van der Waals surface area contributed by atoms with Gasteiger partial charge in [-0.25, -0.2) is 13.1 Å². The number of nitrogens with one attached hydrogen (secondary N) is 1. The average molecular weight is 417 g/mol. The van der Waals surface area contributed by atoms with E-state index in [9.17, 15) is 13.2 Å². The molecular weight excluding hydrogens is 405 g/mol. The molecule has 1 aromatic carbocycles. The highest BCUT2D eigenvalue weighted by Gasteiger charge is 2.33. The molecule has 1 fully saturated rings. The van der Waals surface area contributed by atoms with E-state index in [2.05, 4.69) is 20.7 Å². The molecule has 116 valence electrons. The maximum absolute atomic E-state index is 12.4. The van der Waals surface area contributed by atoms with Crippen LogP contribution in [-0.4, -0.2) is 25.5 Å². The maximum atomic E-state index is 12.4. The van der Waals surface area contributed by atoms with E-state index in [-0.39, 0.29) is 21.4 Å². The molecule has 2 N–H and O–H groups in total. The molecule has 0 aliphatic heterocycles. The van der Waals surface area contributed by atoms with Gasteiger partial charge in [-0.3, -0.25) is 4.79 Å². The van der Waals surface area contributed by atoms with Crippen LogP contribution in [0, 0.1) is 5.92 Å². The van der Waals surface area contributed by atoms with Crippen LogP contribution in [0.15, 0.2) is 21.5 Å². The molecule has 21 heavy (non-hydrogen) atoms. The molecule has 2 atom stereocenters. The minimum atomic E-state index is -3.90. The first-order chi connectivity index (χ1) is 9.70. The van der Waals surface area contributed by atoms with Crippen molar-refractivity contribution in [3.8, 4) is 0 Å². The molecule has 5 nitrogen and oxygen atoms in total. The molecule has 0 amide bonds. The Kier molecular flexibility index (Phi) is 5.20. The SMILES string of the molecule is O=C(O)[C@@H]1CC[C@H](NS(=O)(=O)c2c(Cl)cc(Br)cc2Cl)C1. The summed E-state index contributed by atoms with van der Waals surface area (Å²) in [6, 6.07) is 2.46. The van der Waals surface area contributed by atoms with Gasteiger partial charge < -0.3 is 5.11 Å². The van der Waals surface area contributed by atoms with Crippen LogP contribution in [0.5, 0.6) is 0 Å². The van der Waals surface area contributed by atoms with E-state index >= 15 is 0 Å². The lowest BCUT2D eigenvalue weighted by molar-refractivity contribution is -0.141. The number of sulfonamides is 1. The standard InChI is InChI=1S/C12H12BrCl2NO4S/c13-7-4-9(14)11(10(15)5-7)21(19,20)16-8-2-1-6(3-8)12(17)18/h4-6,8,16H,1-3H2,(H,17,18)/t6-,8+/m1/s1. The fourth-order valence-corrected chi connectivity index (χ4v) is 5.60. The normalized spacial score (nSPS) is 22.4. The van der Waals surface area contributed by atoms with E-state index in [1.807, 2.05) is 0 Å². The predicted molar refractivity (Wildman–Crippen MR) is 83.2 cm³/mol. The van der Waals surface area contributed by atoms with Crippen molar-refractivity contribution in [2.75, 3.05) is 0 Å². The number of benzene rings is 1. The van der Waals surface area contributed by atoms with Crippen LogP contribution in [0.2, 0.25) is 10.0 Å². The summed E-state index contributed by atoms with van der Waals surface area (Å²) >= 11 is 15.1. The van der Waals surface area contributed by atoms with Crippen molar-refractivity contribution in [1.82, 2.24) is 4.72 Å². The van der Waals surface area contributed by atoms with Gasteiger partial charge in [0.2, 0.25) is 10.0 Å². The smallest absolute Gasteiger partial charge is 0.306 e. The fraction of sp³-hybridized carbons (Fsp3) is 0.417. The minimum absolute atomic E-state index is 0.00894. The van der Waals surface area contributed by atoms with Crippen LogP contribution < -0.4 is 4.72 Å². The van der Waals surface area contributed by atoms with E-state index < -0.39 is 28.0 Å². The van der Waals surface area contributed by atoms with Gasteiger partial charge >= 0.3 is 5.97 Å². The van der Waals surface area contributed by atoms with Crippen LogP contribution in [0.25, 0.3) is 0 Å². The quantitative estimate of drug-likeness (QED) is 0.788. The predicted octanol–water partition coefficient (Wildman–Crippen LogP) is 3.29. The highest BCUT2D eigenvalue weighted by atomic mass is 79.9. The van der Waals surface area contributed by atoms with E-state index in [1.54, 1.807) is 0 Å². The molecule has 0 radical (unpaired) electrons. The summed E-state index contributed by atoms with van der Waals surface area (Å²) in [5, 5.41) is 8.96. The van der Waals surface area contributed by atoms with Gasteiger partial charge in [-0.05, 0) is 31.4 Å². The second-order valence-corrected chi connectivity index (χ2v) is 8.25. The number of halogens is 3. The Labute approximate surface area is 140 Å². The van der Waals surface area contributed by atoms with E-state index in [1.165, 1.54) is 12.1 Å². The lowest BCUT2D eigenvalue weighted by Gasteiger charge is -2.15. The third-order valence-corrected chi connectivity index (χ3v) is 6.23. The van der Waals surface area contributed by atoms with Crippen LogP contribution in [0.1, 0.15) is 19.3 Å². The zero-order chi connectivity index (χ0) is 15.8. The Morgan fingerprint density at radius 2 is 1.86 bits per heavy atom. The molecule has 0 heterocycles. The largest absolute Gasteiger partial charge is 0.481 e. The molecule has 0 aromatic heterocycles. The first-order valence-corrected chi connectivity index (χ1v) is 9.13. The van der Waals surface area contributed by atoms with Crippen LogP contribution in [0.4, 0.5) is 0 Å². The Balaban J connectivity index is 2.22. The number of carbonyl (C=O) groups is 1. The number of rotatable bonds is 4. The second kappa shape index (κ2) is 6.42. The van der Waals surface area contributed by atoms with Crippen LogP contribution in [0.3, 0.4) is 0 Å². The van der Waals surface area contributed by atoms with Crippen LogP contribution in [-0.2, 0) is 14.8 Å². The van der Waals surface area contributed by atoms with Gasteiger partial charge in [-0.1, -0.05) is 39.1 Å². The number of aliphatic carboxylic acids is 1. The Morgan fingerprint density at radius 1 is 1.29 bits per heavy atom. The first-order valence-electron chi connectivity index (χ1n) is 6.10. The third kappa shape index (κ3) is 3.90. The van der Waals surface area contributed by atoms with Gasteiger partial charge in [0.25, 0.3) is 0 Å². The molecule has 0 saturated heterocycles. The summed E-state index contributed by atoms with van der Waals surface area (Å²) in [6.07, 6.45) is 1.19. The zero-order valence-electron chi connectivity index (χ0n) is 10.6. The van der Waals surface area contributed by atoms with Crippen molar-refractivity contribution >= 4 is 55.1 Å². The Bertz CT molecular complexity index is 657. The van der Waals surface area contributed by atoms with Crippen molar-refractivity contribution in [2.45, 2.75) is 30.2 Å². The summed E-state index contributed by atoms with van der Waals surface area (Å²) in [6.45, 7) is 0. The molecular formula is C12H12BrCl2NO4S. The highest BCUT2D eigenvalue weighted by Crippen LogP contribution is 2.34. The van der Waals surface area contributed by atoms with Crippen LogP contribution >= 0.6 is 39.1 Å². The molecule has 0 spiro atoms. The minimum Gasteiger partial charge on any atom is -0.481 e. The molecule has 1 aliphatic rings. The molecule has 1 aliphatic carbocycles. The number of hydrogen-bond donors (Lipinski definition) is 2. The van der Waals surface area contributed by atoms with Gasteiger partial charge in [0.05, 0.1) is 16.0 Å². The van der Waals surface area contributed by atoms with Crippen molar-refractivity contribution in [3.63, 3.8) is 0 Å². The Morgan fingerprint density at radius 3 is 2.33 bits per heavy atom. The third-order valence-electron chi connectivity index (χ3n) is 3.34. The van der Waals surface area contributed by atoms with E-state index in [0.29, 0.717) is 17.3 Å².